The number of unbranched alkanes of at least 4 members (excludes halogenated alkanes) is 19. The van der Waals surface area contributed by atoms with Gasteiger partial charge in [-0.05, 0) is 96.3 Å². The van der Waals surface area contributed by atoms with Crippen LogP contribution in [0, 0.1) is 0 Å². The van der Waals surface area contributed by atoms with Crippen molar-refractivity contribution in [3.63, 3.8) is 0 Å². The van der Waals surface area contributed by atoms with Gasteiger partial charge in [0, 0.05) is 19.3 Å². The van der Waals surface area contributed by atoms with E-state index < -0.39 is 6.10 Å². The van der Waals surface area contributed by atoms with E-state index in [9.17, 15) is 14.4 Å². The van der Waals surface area contributed by atoms with Crippen LogP contribution in [0.2, 0.25) is 0 Å². The Morgan fingerprint density at radius 1 is 0.313 bits per heavy atom. The quantitative estimate of drug-likeness (QED) is 0.0262. The normalized spacial score (nSPS) is 12.9. The molecule has 6 nitrogen and oxygen atoms in total. The van der Waals surface area contributed by atoms with Crippen molar-refractivity contribution in [1.82, 2.24) is 0 Å². The van der Waals surface area contributed by atoms with Gasteiger partial charge in [0.15, 0.2) is 6.10 Å². The van der Waals surface area contributed by atoms with Gasteiger partial charge in [-0.25, -0.2) is 0 Å². The summed E-state index contributed by atoms with van der Waals surface area (Å²) in [4.78, 5) is 38.0. The third-order valence-corrected chi connectivity index (χ3v) is 11.3. The Morgan fingerprint density at radius 2 is 0.612 bits per heavy atom. The van der Waals surface area contributed by atoms with Crippen molar-refractivity contribution in [1.29, 1.82) is 0 Å². The molecule has 0 bridgehead atoms. The summed E-state index contributed by atoms with van der Waals surface area (Å²) >= 11 is 0. The van der Waals surface area contributed by atoms with E-state index in [0.717, 1.165) is 83.5 Å². The van der Waals surface area contributed by atoms with Gasteiger partial charge in [-0.3, -0.25) is 14.4 Å². The Hall–Kier alpha value is -3.93. The van der Waals surface area contributed by atoms with Crippen molar-refractivity contribution in [3.8, 4) is 0 Å². The molecule has 1 atom stereocenters. The van der Waals surface area contributed by atoms with E-state index >= 15 is 0 Å². The lowest BCUT2D eigenvalue weighted by Gasteiger charge is -2.18. The number of carbonyl (C=O) groups is 3. The summed E-state index contributed by atoms with van der Waals surface area (Å²) in [5.74, 6) is -1.05. The average Bonchev–Trinajstić information content (AvgIpc) is 3.33. The summed E-state index contributed by atoms with van der Waals surface area (Å²) in [7, 11) is 0. The van der Waals surface area contributed by atoms with Gasteiger partial charge < -0.3 is 14.2 Å². The second-order valence-electron chi connectivity index (χ2n) is 17.8. The fourth-order valence-electron chi connectivity index (χ4n) is 7.18. The minimum Gasteiger partial charge on any atom is -0.462 e. The lowest BCUT2D eigenvalue weighted by atomic mass is 10.0. The van der Waals surface area contributed by atoms with Crippen LogP contribution in [0.5, 0.6) is 0 Å². The van der Waals surface area contributed by atoms with E-state index in [2.05, 4.69) is 124 Å². The molecule has 0 unspecified atom stereocenters. The molecule has 0 amide bonds. The topological polar surface area (TPSA) is 78.9 Å². The van der Waals surface area contributed by atoms with Gasteiger partial charge in [0.05, 0.1) is 0 Å². The van der Waals surface area contributed by atoms with Crippen molar-refractivity contribution < 1.29 is 28.6 Å². The molecule has 0 aliphatic rings. The predicted octanol–water partition coefficient (Wildman–Crippen LogP) is 18.3. The van der Waals surface area contributed by atoms with Crippen LogP contribution in [0.1, 0.15) is 239 Å². The Morgan fingerprint density at radius 3 is 1.03 bits per heavy atom. The standard InChI is InChI=1S/C61H100O6/c1-4-7-10-13-16-19-22-25-28-29-30-31-34-36-39-42-45-48-51-54-60(63)66-57-58(67-61(64)55-52-49-46-43-40-37-33-27-24-21-18-15-12-9-6-3)56-65-59(62)53-50-47-44-41-38-35-32-26-23-20-17-14-11-8-5-2/h9,12,16,18-19,21,25,27-28,30-31,33,36,39-40,43,45,48,58H,4-8,10-11,13-15,17,20,22-24,26,29,32,34-35,37-38,41-42,44,46-47,49-57H2,1-3H3/b12-9-,19-16-,21-18-,28-25-,31-30-,33-27-,39-36-,43-40-,48-45-/t58-/m0/s1. The molecule has 0 rings (SSSR count). The van der Waals surface area contributed by atoms with E-state index in [0.29, 0.717) is 19.3 Å². The van der Waals surface area contributed by atoms with E-state index in [1.54, 1.807) is 0 Å². The highest BCUT2D eigenvalue weighted by molar-refractivity contribution is 5.71. The molecular weight excluding hydrogens is 829 g/mol. The maximum absolute atomic E-state index is 12.8. The van der Waals surface area contributed by atoms with Crippen molar-refractivity contribution in [2.75, 3.05) is 13.2 Å². The molecule has 0 fully saturated rings. The van der Waals surface area contributed by atoms with Gasteiger partial charge in [0.1, 0.15) is 13.2 Å². The molecule has 0 aliphatic heterocycles. The first kappa shape index (κ1) is 63.1. The van der Waals surface area contributed by atoms with E-state index in [1.807, 2.05) is 6.08 Å². The second-order valence-corrected chi connectivity index (χ2v) is 17.8. The van der Waals surface area contributed by atoms with Crippen LogP contribution in [0.3, 0.4) is 0 Å². The molecule has 0 aromatic rings. The van der Waals surface area contributed by atoms with Crippen molar-refractivity contribution in [3.05, 3.63) is 109 Å². The van der Waals surface area contributed by atoms with E-state index in [-0.39, 0.29) is 44.0 Å². The number of carbonyl (C=O) groups excluding carboxylic acids is 3. The second kappa shape index (κ2) is 54.7. The minimum absolute atomic E-state index is 0.118. The van der Waals surface area contributed by atoms with Gasteiger partial charge in [0.25, 0.3) is 0 Å². The maximum atomic E-state index is 12.8. The summed E-state index contributed by atoms with van der Waals surface area (Å²) in [5.41, 5.74) is 0. The summed E-state index contributed by atoms with van der Waals surface area (Å²) in [5, 5.41) is 0. The highest BCUT2D eigenvalue weighted by Crippen LogP contribution is 2.15. The Bertz CT molecular complexity index is 1390. The average molecular weight is 929 g/mol. The van der Waals surface area contributed by atoms with Crippen LogP contribution < -0.4 is 0 Å². The molecule has 0 saturated heterocycles. The highest BCUT2D eigenvalue weighted by atomic mass is 16.6. The molecule has 67 heavy (non-hydrogen) atoms. The van der Waals surface area contributed by atoms with Gasteiger partial charge in [-0.2, -0.15) is 0 Å². The molecule has 0 spiro atoms. The van der Waals surface area contributed by atoms with Crippen molar-refractivity contribution >= 4 is 17.9 Å². The zero-order valence-electron chi connectivity index (χ0n) is 43.4. The maximum Gasteiger partial charge on any atom is 0.306 e. The van der Waals surface area contributed by atoms with Gasteiger partial charge in [-0.1, -0.05) is 233 Å². The summed E-state index contributed by atoms with van der Waals surface area (Å²) in [6.45, 7) is 6.40. The summed E-state index contributed by atoms with van der Waals surface area (Å²) < 4.78 is 16.7. The molecule has 6 heteroatoms. The fraction of sp³-hybridized carbons (Fsp3) is 0.656. The van der Waals surface area contributed by atoms with Crippen molar-refractivity contribution in [2.24, 2.45) is 0 Å². The third kappa shape index (κ3) is 52.9. The fourth-order valence-corrected chi connectivity index (χ4v) is 7.18. The summed E-state index contributed by atoms with van der Waals surface area (Å²) in [6.07, 6.45) is 73.7. The van der Waals surface area contributed by atoms with Gasteiger partial charge in [0.2, 0.25) is 0 Å². The molecule has 0 radical (unpaired) electrons. The molecule has 0 aliphatic carbocycles. The number of allylic oxidation sites excluding steroid dienone is 18. The minimum atomic E-state index is -0.830. The zero-order valence-corrected chi connectivity index (χ0v) is 43.4. The van der Waals surface area contributed by atoms with Crippen LogP contribution in [0.15, 0.2) is 109 Å². The molecule has 0 N–H and O–H groups in total. The van der Waals surface area contributed by atoms with E-state index in [4.69, 9.17) is 14.2 Å². The lowest BCUT2D eigenvalue weighted by Crippen LogP contribution is -2.30. The first-order valence-electron chi connectivity index (χ1n) is 27.4. The first-order chi connectivity index (χ1) is 33.0. The first-order valence-corrected chi connectivity index (χ1v) is 27.4. The molecular formula is C61H100O6. The monoisotopic (exact) mass is 929 g/mol. The van der Waals surface area contributed by atoms with Gasteiger partial charge >= 0.3 is 17.9 Å². The van der Waals surface area contributed by atoms with Crippen LogP contribution in [-0.4, -0.2) is 37.2 Å². The molecule has 0 aromatic heterocycles. The smallest absolute Gasteiger partial charge is 0.306 e. The van der Waals surface area contributed by atoms with Crippen LogP contribution in [0.25, 0.3) is 0 Å². The largest absolute Gasteiger partial charge is 0.462 e. The zero-order chi connectivity index (χ0) is 48.6. The number of rotatable bonds is 48. The van der Waals surface area contributed by atoms with Crippen LogP contribution in [0.4, 0.5) is 0 Å². The lowest BCUT2D eigenvalue weighted by molar-refractivity contribution is -0.166. The predicted molar refractivity (Wildman–Crippen MR) is 288 cm³/mol. The van der Waals surface area contributed by atoms with Crippen LogP contribution in [-0.2, 0) is 28.6 Å². The third-order valence-electron chi connectivity index (χ3n) is 11.3. The van der Waals surface area contributed by atoms with Crippen molar-refractivity contribution in [2.45, 2.75) is 245 Å². The molecule has 0 aromatic carbocycles. The highest BCUT2D eigenvalue weighted by Gasteiger charge is 2.19. The summed E-state index contributed by atoms with van der Waals surface area (Å²) in [6, 6.07) is 0. The van der Waals surface area contributed by atoms with Gasteiger partial charge in [-0.15, -0.1) is 0 Å². The number of ether oxygens (including phenoxy) is 3. The molecule has 0 saturated carbocycles. The molecule has 380 valence electrons. The van der Waals surface area contributed by atoms with Crippen LogP contribution >= 0.6 is 0 Å². The Balaban J connectivity index is 4.56. The Kier molecular flexibility index (Phi) is 51.5. The van der Waals surface area contributed by atoms with E-state index in [1.165, 1.54) is 103 Å². The number of esters is 3. The SMILES string of the molecule is CC/C=C\C/C=C\C/C=C\C/C=C\CCCCC(=O)O[C@H](COC(=O)CC/C=C\C/C=C\C/C=C\C/C=C\C/C=C\CCCCC)COC(=O)CCCCCCCCCCCCCCCCC. The number of hydrogen-bond acceptors (Lipinski definition) is 6. The Labute approximate surface area is 412 Å². The number of hydrogen-bond donors (Lipinski definition) is 0. The molecule has 0 heterocycles.